The van der Waals surface area contributed by atoms with E-state index < -0.39 is 10.0 Å². The van der Waals surface area contributed by atoms with Crippen LogP contribution in [0.2, 0.25) is 0 Å². The maximum absolute atomic E-state index is 12.7. The van der Waals surface area contributed by atoms with Gasteiger partial charge in [0, 0.05) is 32.1 Å². The molecule has 2 heterocycles. The van der Waals surface area contributed by atoms with Gasteiger partial charge in [0.2, 0.25) is 10.0 Å². The summed E-state index contributed by atoms with van der Waals surface area (Å²) in [7, 11) is -3.45. The lowest BCUT2D eigenvalue weighted by molar-refractivity contribution is 0.353. The number of benzene rings is 1. The van der Waals surface area contributed by atoms with Gasteiger partial charge in [-0.3, -0.25) is 0 Å². The first kappa shape index (κ1) is 16.9. The van der Waals surface area contributed by atoms with Gasteiger partial charge < -0.3 is 9.42 Å². The molecule has 0 atom stereocenters. The Labute approximate surface area is 142 Å². The first-order valence-corrected chi connectivity index (χ1v) is 9.47. The molecule has 130 valence electrons. The SMILES string of the molecule is Cc1ccc(S(=O)(=O)N2CCN(c3nc(C(C)C)no3)CC2)cc1. The Morgan fingerprint density at radius 1 is 1.08 bits per heavy atom. The van der Waals surface area contributed by atoms with Crippen molar-refractivity contribution in [2.24, 2.45) is 0 Å². The van der Waals surface area contributed by atoms with Gasteiger partial charge in [0.05, 0.1) is 4.90 Å². The number of nitrogens with zero attached hydrogens (tertiary/aromatic N) is 4. The van der Waals surface area contributed by atoms with Crippen LogP contribution in [0.25, 0.3) is 0 Å². The van der Waals surface area contributed by atoms with Crippen LogP contribution in [0.1, 0.15) is 31.2 Å². The largest absolute Gasteiger partial charge is 0.324 e. The van der Waals surface area contributed by atoms with E-state index in [1.165, 1.54) is 4.31 Å². The molecule has 0 spiro atoms. The maximum Gasteiger partial charge on any atom is 0.324 e. The number of aromatic nitrogens is 2. The molecular weight excluding hydrogens is 328 g/mol. The average molecular weight is 350 g/mol. The van der Waals surface area contributed by atoms with E-state index in [-0.39, 0.29) is 5.92 Å². The molecule has 0 saturated carbocycles. The molecule has 0 radical (unpaired) electrons. The fraction of sp³-hybridized carbons (Fsp3) is 0.500. The first-order chi connectivity index (χ1) is 11.4. The molecule has 1 aromatic heterocycles. The Bertz CT molecular complexity index is 791. The van der Waals surface area contributed by atoms with Crippen LogP contribution in [-0.4, -0.2) is 49.0 Å². The van der Waals surface area contributed by atoms with Gasteiger partial charge in [0.1, 0.15) is 0 Å². The van der Waals surface area contributed by atoms with Crippen molar-refractivity contribution in [1.29, 1.82) is 0 Å². The second-order valence-electron chi connectivity index (χ2n) is 6.29. The van der Waals surface area contributed by atoms with Crippen LogP contribution in [0.3, 0.4) is 0 Å². The molecular formula is C16H22N4O3S. The van der Waals surface area contributed by atoms with Crippen molar-refractivity contribution >= 4 is 16.0 Å². The van der Waals surface area contributed by atoms with Crippen LogP contribution in [0.15, 0.2) is 33.7 Å². The van der Waals surface area contributed by atoms with E-state index in [1.54, 1.807) is 12.1 Å². The zero-order valence-corrected chi connectivity index (χ0v) is 15.0. The summed E-state index contributed by atoms with van der Waals surface area (Å²) in [6, 6.07) is 7.41. The summed E-state index contributed by atoms with van der Waals surface area (Å²) in [5.74, 6) is 0.866. The van der Waals surface area contributed by atoms with E-state index in [9.17, 15) is 8.42 Å². The smallest absolute Gasteiger partial charge is 0.322 e. The molecule has 24 heavy (non-hydrogen) atoms. The van der Waals surface area contributed by atoms with E-state index in [4.69, 9.17) is 4.52 Å². The predicted molar refractivity (Wildman–Crippen MR) is 90.5 cm³/mol. The number of anilines is 1. The highest BCUT2D eigenvalue weighted by atomic mass is 32.2. The predicted octanol–water partition coefficient (Wildman–Crippen LogP) is 2.01. The minimum Gasteiger partial charge on any atom is -0.322 e. The molecule has 7 nitrogen and oxygen atoms in total. The monoisotopic (exact) mass is 350 g/mol. The van der Waals surface area contributed by atoms with Gasteiger partial charge in [-0.25, -0.2) is 8.42 Å². The number of hydrogen-bond donors (Lipinski definition) is 0. The van der Waals surface area contributed by atoms with Crippen molar-refractivity contribution < 1.29 is 12.9 Å². The van der Waals surface area contributed by atoms with Crippen molar-refractivity contribution in [3.63, 3.8) is 0 Å². The third-order valence-corrected chi connectivity index (χ3v) is 6.03. The Kier molecular flexibility index (Phi) is 4.60. The highest BCUT2D eigenvalue weighted by Gasteiger charge is 2.30. The van der Waals surface area contributed by atoms with Crippen molar-refractivity contribution in [1.82, 2.24) is 14.4 Å². The van der Waals surface area contributed by atoms with Gasteiger partial charge in [-0.05, 0) is 19.1 Å². The fourth-order valence-corrected chi connectivity index (χ4v) is 3.99. The van der Waals surface area contributed by atoms with Crippen LogP contribution < -0.4 is 4.90 Å². The zero-order valence-electron chi connectivity index (χ0n) is 14.1. The van der Waals surface area contributed by atoms with Crippen LogP contribution in [-0.2, 0) is 10.0 Å². The summed E-state index contributed by atoms with van der Waals surface area (Å²) in [5.41, 5.74) is 1.04. The molecule has 1 aliphatic heterocycles. The molecule has 1 saturated heterocycles. The van der Waals surface area contributed by atoms with Gasteiger partial charge in [-0.15, -0.1) is 0 Å². The molecule has 0 unspecified atom stereocenters. The minimum atomic E-state index is -3.45. The van der Waals surface area contributed by atoms with Gasteiger partial charge in [-0.1, -0.05) is 36.7 Å². The Hall–Kier alpha value is -1.93. The standard InChI is InChI=1S/C16H22N4O3S/c1-12(2)15-17-16(23-18-15)19-8-10-20(11-9-19)24(21,22)14-6-4-13(3)5-7-14/h4-7,12H,8-11H2,1-3H3. The lowest BCUT2D eigenvalue weighted by Gasteiger charge is -2.32. The molecule has 1 fully saturated rings. The Morgan fingerprint density at radius 2 is 1.71 bits per heavy atom. The average Bonchev–Trinajstić information content (AvgIpc) is 3.06. The third kappa shape index (κ3) is 3.29. The van der Waals surface area contributed by atoms with Crippen molar-refractivity contribution in [2.45, 2.75) is 31.6 Å². The quantitative estimate of drug-likeness (QED) is 0.839. The molecule has 3 rings (SSSR count). The van der Waals surface area contributed by atoms with Crippen LogP contribution >= 0.6 is 0 Å². The molecule has 1 aromatic carbocycles. The first-order valence-electron chi connectivity index (χ1n) is 8.03. The van der Waals surface area contributed by atoms with Crippen LogP contribution in [0.5, 0.6) is 0 Å². The number of piperazine rings is 1. The maximum atomic E-state index is 12.7. The zero-order chi connectivity index (χ0) is 17.3. The van der Waals surface area contributed by atoms with Crippen molar-refractivity contribution in [3.8, 4) is 0 Å². The minimum absolute atomic E-state index is 0.200. The molecule has 0 aliphatic carbocycles. The molecule has 0 N–H and O–H groups in total. The number of aryl methyl sites for hydroxylation is 1. The van der Waals surface area contributed by atoms with E-state index in [0.29, 0.717) is 42.9 Å². The summed E-state index contributed by atoms with van der Waals surface area (Å²) in [5, 5.41) is 3.95. The Morgan fingerprint density at radius 3 is 2.25 bits per heavy atom. The summed E-state index contributed by atoms with van der Waals surface area (Å²) < 4.78 is 32.2. The number of hydrogen-bond acceptors (Lipinski definition) is 6. The molecule has 0 amide bonds. The van der Waals surface area contributed by atoms with Crippen LogP contribution in [0.4, 0.5) is 6.01 Å². The number of rotatable bonds is 4. The summed E-state index contributed by atoms with van der Waals surface area (Å²) >= 11 is 0. The lowest BCUT2D eigenvalue weighted by atomic mass is 10.2. The second kappa shape index (κ2) is 6.52. The van der Waals surface area contributed by atoms with E-state index in [0.717, 1.165) is 5.56 Å². The molecule has 8 heteroatoms. The summed E-state index contributed by atoms with van der Waals surface area (Å²) in [6.07, 6.45) is 0. The van der Waals surface area contributed by atoms with Crippen molar-refractivity contribution in [2.75, 3.05) is 31.1 Å². The fourth-order valence-electron chi connectivity index (χ4n) is 2.57. The van der Waals surface area contributed by atoms with Gasteiger partial charge >= 0.3 is 6.01 Å². The van der Waals surface area contributed by atoms with Crippen molar-refractivity contribution in [3.05, 3.63) is 35.7 Å². The van der Waals surface area contributed by atoms with Gasteiger partial charge in [0.25, 0.3) is 0 Å². The molecule has 2 aromatic rings. The van der Waals surface area contributed by atoms with E-state index in [2.05, 4.69) is 10.1 Å². The molecule has 0 bridgehead atoms. The van der Waals surface area contributed by atoms with Crippen LogP contribution in [0, 0.1) is 6.92 Å². The van der Waals surface area contributed by atoms with Gasteiger partial charge in [-0.2, -0.15) is 9.29 Å². The molecule has 1 aliphatic rings. The summed E-state index contributed by atoms with van der Waals surface area (Å²) in [6.45, 7) is 7.80. The number of sulfonamides is 1. The Balaban J connectivity index is 1.68. The normalized spacial score (nSPS) is 16.8. The third-order valence-electron chi connectivity index (χ3n) is 4.12. The summed E-state index contributed by atoms with van der Waals surface area (Å²) in [4.78, 5) is 6.63. The van der Waals surface area contributed by atoms with E-state index in [1.807, 2.05) is 37.8 Å². The van der Waals surface area contributed by atoms with E-state index >= 15 is 0 Å². The second-order valence-corrected chi connectivity index (χ2v) is 8.23. The topological polar surface area (TPSA) is 79.5 Å². The highest BCUT2D eigenvalue weighted by molar-refractivity contribution is 7.89. The highest BCUT2D eigenvalue weighted by Crippen LogP contribution is 2.21. The lowest BCUT2D eigenvalue weighted by Crippen LogP contribution is -2.48. The van der Waals surface area contributed by atoms with Gasteiger partial charge in [0.15, 0.2) is 5.82 Å².